The van der Waals surface area contributed by atoms with Gasteiger partial charge < -0.3 is 18.9 Å². The van der Waals surface area contributed by atoms with Crippen LogP contribution in [-0.4, -0.2) is 38.6 Å². The lowest BCUT2D eigenvalue weighted by molar-refractivity contribution is 0.266. The van der Waals surface area contributed by atoms with Crippen molar-refractivity contribution < 1.29 is 18.9 Å². The normalized spacial score (nSPS) is 19.8. The molecule has 264 valence electrons. The van der Waals surface area contributed by atoms with E-state index in [0.29, 0.717) is 24.0 Å². The van der Waals surface area contributed by atoms with Gasteiger partial charge in [0.05, 0.1) is 38.6 Å². The Hall–Kier alpha value is -2.04. The topological polar surface area (TPSA) is 43.5 Å². The molecule has 2 fully saturated rings. The monoisotopic (exact) mass is 649 g/mol. The zero-order valence-electron chi connectivity index (χ0n) is 32.6. The Balaban J connectivity index is 1.67. The van der Waals surface area contributed by atoms with Crippen LogP contribution in [0.15, 0.2) is 24.3 Å². The molecule has 0 radical (unpaired) electrons. The molecule has 0 spiro atoms. The van der Waals surface area contributed by atoms with Crippen LogP contribution < -0.4 is 9.47 Å². The van der Waals surface area contributed by atoms with Crippen molar-refractivity contribution in [2.45, 2.75) is 163 Å². The van der Waals surface area contributed by atoms with Crippen LogP contribution in [-0.2, 0) is 37.6 Å². The predicted molar refractivity (Wildman–Crippen MR) is 198 cm³/mol. The van der Waals surface area contributed by atoms with Gasteiger partial charge in [0.1, 0.15) is 11.5 Å². The van der Waals surface area contributed by atoms with Gasteiger partial charge in [-0.3, -0.25) is 0 Å². The molecule has 47 heavy (non-hydrogen) atoms. The molecule has 2 aliphatic rings. The lowest BCUT2D eigenvalue weighted by atomic mass is 9.76. The summed E-state index contributed by atoms with van der Waals surface area (Å²) in [6.07, 6.45) is 6.15. The van der Waals surface area contributed by atoms with Crippen LogP contribution in [0.3, 0.4) is 0 Å². The van der Waals surface area contributed by atoms with Crippen molar-refractivity contribution in [3.63, 3.8) is 0 Å². The first-order valence-electron chi connectivity index (χ1n) is 18.5. The Bertz CT molecular complexity index is 1160. The maximum Gasteiger partial charge on any atom is 0.126 e. The molecule has 4 atom stereocenters. The van der Waals surface area contributed by atoms with E-state index in [-0.39, 0.29) is 21.7 Å². The second-order valence-electron chi connectivity index (χ2n) is 18.9. The summed E-state index contributed by atoms with van der Waals surface area (Å²) in [5.74, 6) is 3.37. The highest BCUT2D eigenvalue weighted by molar-refractivity contribution is 5.54. The van der Waals surface area contributed by atoms with Crippen LogP contribution in [0.5, 0.6) is 11.5 Å². The minimum atomic E-state index is -0.0472. The summed E-state index contributed by atoms with van der Waals surface area (Å²) in [5.41, 5.74) is 7.71. The molecule has 4 unspecified atom stereocenters. The number of rotatable bonds is 14. The molecule has 2 heterocycles. The molecule has 0 saturated carbocycles. The van der Waals surface area contributed by atoms with Crippen LogP contribution in [0, 0.1) is 11.8 Å². The number of hydrogen-bond donors (Lipinski definition) is 0. The molecule has 0 amide bonds. The first kappa shape index (κ1) is 37.8. The number of epoxide rings is 2. The van der Waals surface area contributed by atoms with Crippen LogP contribution >= 0.6 is 0 Å². The number of ether oxygens (including phenoxy) is 4. The third-order valence-corrected chi connectivity index (χ3v) is 10.0. The van der Waals surface area contributed by atoms with E-state index in [1.807, 2.05) is 0 Å². The van der Waals surface area contributed by atoms with Crippen LogP contribution in [0.4, 0.5) is 0 Å². The number of hydrogen-bond acceptors (Lipinski definition) is 4. The summed E-state index contributed by atoms with van der Waals surface area (Å²) in [6.45, 7) is 35.7. The molecule has 4 nitrogen and oxygen atoms in total. The highest BCUT2D eigenvalue weighted by atomic mass is 16.6. The van der Waals surface area contributed by atoms with Crippen molar-refractivity contribution in [1.82, 2.24) is 0 Å². The molecule has 0 bridgehead atoms. The summed E-state index contributed by atoms with van der Waals surface area (Å²) >= 11 is 0. The van der Waals surface area contributed by atoms with E-state index in [9.17, 15) is 0 Å². The zero-order valence-corrected chi connectivity index (χ0v) is 32.6. The SMILES string of the molecule is CC(CCCOc1c(C(C)(C)C)cc(Cc2cc(C(C)(C)C)c(OCCCC(C)C3CO3)c(C(C)(C)C)c2)cc1C(C)(C)C)C1CO1. The molecule has 2 saturated heterocycles. The molecule has 4 heteroatoms. The fourth-order valence-electron chi connectivity index (χ4n) is 6.66. The van der Waals surface area contributed by atoms with E-state index in [2.05, 4.69) is 121 Å². The van der Waals surface area contributed by atoms with Crippen LogP contribution in [0.2, 0.25) is 0 Å². The molecule has 4 rings (SSSR count). The molecule has 0 aliphatic carbocycles. The van der Waals surface area contributed by atoms with E-state index in [4.69, 9.17) is 18.9 Å². The summed E-state index contributed by atoms with van der Waals surface area (Å²) < 4.78 is 24.5. The average molecular weight is 649 g/mol. The summed E-state index contributed by atoms with van der Waals surface area (Å²) in [7, 11) is 0. The van der Waals surface area contributed by atoms with Gasteiger partial charge in [0.25, 0.3) is 0 Å². The quantitative estimate of drug-likeness (QED) is 0.151. The van der Waals surface area contributed by atoms with Gasteiger partial charge in [0.2, 0.25) is 0 Å². The van der Waals surface area contributed by atoms with Crippen molar-refractivity contribution in [1.29, 1.82) is 0 Å². The second-order valence-corrected chi connectivity index (χ2v) is 18.9. The molecule has 2 aromatic carbocycles. The fourth-order valence-corrected chi connectivity index (χ4v) is 6.66. The zero-order chi connectivity index (χ0) is 34.9. The Morgan fingerprint density at radius 2 is 0.830 bits per heavy atom. The van der Waals surface area contributed by atoms with Gasteiger partial charge in [0, 0.05) is 22.3 Å². The molecule has 2 aromatic rings. The van der Waals surface area contributed by atoms with Gasteiger partial charge in [-0.05, 0) is 76.7 Å². The van der Waals surface area contributed by atoms with Gasteiger partial charge in [-0.2, -0.15) is 0 Å². The Morgan fingerprint density at radius 3 is 1.06 bits per heavy atom. The van der Waals surface area contributed by atoms with E-state index < -0.39 is 0 Å². The molecule has 2 aliphatic heterocycles. The van der Waals surface area contributed by atoms with Crippen molar-refractivity contribution in [3.05, 3.63) is 57.6 Å². The van der Waals surface area contributed by atoms with Gasteiger partial charge >= 0.3 is 0 Å². The first-order valence-corrected chi connectivity index (χ1v) is 18.5. The van der Waals surface area contributed by atoms with E-state index in [1.165, 1.54) is 33.4 Å². The first-order chi connectivity index (χ1) is 21.7. The Morgan fingerprint density at radius 1 is 0.553 bits per heavy atom. The third kappa shape index (κ3) is 10.5. The van der Waals surface area contributed by atoms with Crippen molar-refractivity contribution in [2.24, 2.45) is 11.8 Å². The molecular weight excluding hydrogens is 580 g/mol. The minimum absolute atomic E-state index is 0.0472. The standard InChI is InChI=1S/C43H68O4/c1-28(36-26-46-36)17-15-19-44-38-32(40(3,4)5)22-30(23-33(38)41(6,7)8)21-31-24-34(42(9,10)11)39(35(25-31)43(12,13)14)45-20-16-18-29(2)37-27-47-37/h22-25,28-29,36-37H,15-21,26-27H2,1-14H3. The average Bonchev–Trinajstić information content (AvgIpc) is 3.84. The van der Waals surface area contributed by atoms with Gasteiger partial charge in [-0.1, -0.05) is 121 Å². The highest BCUT2D eigenvalue weighted by Crippen LogP contribution is 2.44. The highest BCUT2D eigenvalue weighted by Gasteiger charge is 2.32. The molecule has 0 N–H and O–H groups in total. The van der Waals surface area contributed by atoms with Gasteiger partial charge in [0.15, 0.2) is 0 Å². The predicted octanol–water partition coefficient (Wildman–Crippen LogP) is 10.9. The van der Waals surface area contributed by atoms with Crippen LogP contribution in [0.1, 0.15) is 156 Å². The third-order valence-electron chi connectivity index (χ3n) is 10.0. The minimum Gasteiger partial charge on any atom is -0.493 e. The van der Waals surface area contributed by atoms with Crippen LogP contribution in [0.25, 0.3) is 0 Å². The largest absolute Gasteiger partial charge is 0.493 e. The smallest absolute Gasteiger partial charge is 0.126 e. The lowest BCUT2D eigenvalue weighted by Crippen LogP contribution is -2.22. The Labute approximate surface area is 288 Å². The summed E-state index contributed by atoms with van der Waals surface area (Å²) in [4.78, 5) is 0. The maximum absolute atomic E-state index is 6.73. The molecular formula is C43H68O4. The lowest BCUT2D eigenvalue weighted by Gasteiger charge is -2.32. The Kier molecular flexibility index (Phi) is 11.6. The summed E-state index contributed by atoms with van der Waals surface area (Å²) in [5, 5.41) is 0. The van der Waals surface area contributed by atoms with Gasteiger partial charge in [-0.15, -0.1) is 0 Å². The number of benzene rings is 2. The van der Waals surface area contributed by atoms with Crippen molar-refractivity contribution >= 4 is 0 Å². The second kappa shape index (κ2) is 14.4. The van der Waals surface area contributed by atoms with Crippen molar-refractivity contribution in [2.75, 3.05) is 26.4 Å². The van der Waals surface area contributed by atoms with E-state index in [1.54, 1.807) is 0 Å². The summed E-state index contributed by atoms with van der Waals surface area (Å²) in [6, 6.07) is 9.70. The maximum atomic E-state index is 6.73. The fraction of sp³-hybridized carbons (Fsp3) is 0.721. The molecule has 0 aromatic heterocycles. The van der Waals surface area contributed by atoms with E-state index >= 15 is 0 Å². The van der Waals surface area contributed by atoms with Crippen molar-refractivity contribution in [3.8, 4) is 11.5 Å². The van der Waals surface area contributed by atoms with E-state index in [0.717, 1.165) is 70.0 Å². The van der Waals surface area contributed by atoms with Gasteiger partial charge in [-0.25, -0.2) is 0 Å².